The van der Waals surface area contributed by atoms with Gasteiger partial charge in [0.1, 0.15) is 5.75 Å². The average Bonchev–Trinajstić information content (AvgIpc) is 2.18. The summed E-state index contributed by atoms with van der Waals surface area (Å²) in [7, 11) is -1.48. The topological polar surface area (TPSA) is 93.1 Å². The summed E-state index contributed by atoms with van der Waals surface area (Å²) in [6.45, 7) is 0. The Morgan fingerprint density at radius 1 is 1.19 bits per heavy atom. The predicted molar refractivity (Wildman–Crippen MR) is 56.5 cm³/mol. The highest BCUT2D eigenvalue weighted by atomic mass is 32.2. The first-order valence-electron chi connectivity index (χ1n) is 4.26. The van der Waals surface area contributed by atoms with Gasteiger partial charge in [-0.1, -0.05) is 0 Å². The van der Waals surface area contributed by atoms with Crippen molar-refractivity contribution >= 4 is 10.1 Å². The zero-order valence-corrected chi connectivity index (χ0v) is 9.61. The lowest BCUT2D eigenvalue weighted by molar-refractivity contribution is 0.339. The van der Waals surface area contributed by atoms with Gasteiger partial charge in [0.25, 0.3) is 10.1 Å². The van der Waals surface area contributed by atoms with E-state index >= 15 is 0 Å². The van der Waals surface area contributed by atoms with Gasteiger partial charge in [0, 0.05) is 0 Å². The van der Waals surface area contributed by atoms with Gasteiger partial charge in [-0.2, -0.15) is 8.42 Å². The maximum absolute atomic E-state index is 10.7. The molecule has 0 spiro atoms. The van der Waals surface area contributed by atoms with E-state index < -0.39 is 15.9 Å². The molecule has 0 saturated carbocycles. The summed E-state index contributed by atoms with van der Waals surface area (Å²) in [5.41, 5.74) is 0.258. The number of aromatic hydroxyl groups is 1. The quantitative estimate of drug-likeness (QED) is 0.765. The molecule has 0 aromatic heterocycles. The minimum atomic E-state index is -4.13. The molecule has 0 unspecified atom stereocenters. The molecule has 0 bridgehead atoms. The van der Waals surface area contributed by atoms with Crippen LogP contribution in [0, 0.1) is 0 Å². The molecule has 7 heteroatoms. The molecule has 16 heavy (non-hydrogen) atoms. The van der Waals surface area contributed by atoms with Gasteiger partial charge in [-0.05, 0) is 17.7 Å². The largest absolute Gasteiger partial charge is 0.502 e. The molecular weight excluding hydrogens is 236 g/mol. The Morgan fingerprint density at radius 2 is 1.62 bits per heavy atom. The molecule has 1 rings (SSSR count). The van der Waals surface area contributed by atoms with Crippen molar-refractivity contribution in [2.24, 2.45) is 0 Å². The Bertz CT molecular complexity index is 454. The van der Waals surface area contributed by atoms with Gasteiger partial charge < -0.3 is 14.6 Å². The molecule has 6 nitrogen and oxygen atoms in total. The first-order valence-corrected chi connectivity index (χ1v) is 5.87. The second kappa shape index (κ2) is 4.58. The van der Waals surface area contributed by atoms with E-state index in [9.17, 15) is 13.5 Å². The zero-order chi connectivity index (χ0) is 12.3. The molecule has 2 N–H and O–H groups in total. The summed E-state index contributed by atoms with van der Waals surface area (Å²) < 4.78 is 39.8. The smallest absolute Gasteiger partial charge is 0.269 e. The fraction of sp³-hybridized carbons (Fsp3) is 0.333. The highest BCUT2D eigenvalue weighted by molar-refractivity contribution is 7.85. The van der Waals surface area contributed by atoms with Gasteiger partial charge in [-0.3, -0.25) is 4.55 Å². The van der Waals surface area contributed by atoms with Crippen LogP contribution in [0.2, 0.25) is 0 Å². The molecule has 1 aromatic rings. The van der Waals surface area contributed by atoms with E-state index in [1.807, 2.05) is 0 Å². The Kier molecular flexibility index (Phi) is 3.61. The second-order valence-corrected chi connectivity index (χ2v) is 4.53. The van der Waals surface area contributed by atoms with E-state index in [0.717, 1.165) is 0 Å². The van der Waals surface area contributed by atoms with Crippen molar-refractivity contribution < 1.29 is 27.6 Å². The Hall–Kier alpha value is -1.47. The number of ether oxygens (including phenoxy) is 2. The summed E-state index contributed by atoms with van der Waals surface area (Å²) in [6.07, 6.45) is 0. The fourth-order valence-corrected chi connectivity index (χ4v) is 1.83. The molecule has 0 saturated heterocycles. The minimum absolute atomic E-state index is 0.0815. The zero-order valence-electron chi connectivity index (χ0n) is 8.80. The average molecular weight is 248 g/mol. The first-order chi connectivity index (χ1) is 7.37. The third-order valence-electron chi connectivity index (χ3n) is 1.89. The van der Waals surface area contributed by atoms with Gasteiger partial charge in [0.2, 0.25) is 5.75 Å². The van der Waals surface area contributed by atoms with Crippen LogP contribution in [-0.4, -0.2) is 32.3 Å². The molecule has 0 atom stereocenters. The van der Waals surface area contributed by atoms with Gasteiger partial charge in [0.05, 0.1) is 14.2 Å². The monoisotopic (exact) mass is 248 g/mol. The minimum Gasteiger partial charge on any atom is -0.502 e. The molecule has 0 heterocycles. The van der Waals surface area contributed by atoms with Crippen molar-refractivity contribution in [1.29, 1.82) is 0 Å². The fourth-order valence-electron chi connectivity index (χ4n) is 1.24. The number of hydrogen-bond acceptors (Lipinski definition) is 5. The summed E-state index contributed by atoms with van der Waals surface area (Å²) in [5.74, 6) is -0.625. The SMILES string of the molecule is COc1cc(CS(=O)(=O)O)cc(OC)c1O. The van der Waals surface area contributed by atoms with Crippen LogP contribution in [-0.2, 0) is 15.9 Å². The van der Waals surface area contributed by atoms with Gasteiger partial charge in [-0.25, -0.2) is 0 Å². The third kappa shape index (κ3) is 3.01. The highest BCUT2D eigenvalue weighted by Gasteiger charge is 2.14. The second-order valence-electron chi connectivity index (χ2n) is 3.08. The van der Waals surface area contributed by atoms with Crippen LogP contribution in [0.1, 0.15) is 5.56 Å². The van der Waals surface area contributed by atoms with Crippen molar-refractivity contribution in [2.75, 3.05) is 14.2 Å². The lowest BCUT2D eigenvalue weighted by Crippen LogP contribution is -2.02. The number of phenols is 1. The normalized spacial score (nSPS) is 11.2. The maximum Gasteiger partial charge on any atom is 0.269 e. The molecule has 0 aliphatic rings. The molecule has 90 valence electrons. The first kappa shape index (κ1) is 12.6. The molecular formula is C9H12O6S. The van der Waals surface area contributed by atoms with Gasteiger partial charge in [0.15, 0.2) is 11.5 Å². The molecule has 0 radical (unpaired) electrons. The van der Waals surface area contributed by atoms with Crippen molar-refractivity contribution in [3.63, 3.8) is 0 Å². The predicted octanol–water partition coefficient (Wildman–Crippen LogP) is 0.797. The number of phenolic OH excluding ortho intramolecular Hbond substituents is 1. The van der Waals surface area contributed by atoms with Crippen LogP contribution in [0.15, 0.2) is 12.1 Å². The Balaban J connectivity index is 3.22. The molecule has 0 aliphatic heterocycles. The number of hydrogen-bond donors (Lipinski definition) is 2. The van der Waals surface area contributed by atoms with Crippen LogP contribution in [0.5, 0.6) is 17.2 Å². The summed E-state index contributed by atoms with van der Waals surface area (Å²) in [5, 5.41) is 9.55. The number of methoxy groups -OCH3 is 2. The molecule has 1 aromatic carbocycles. The van der Waals surface area contributed by atoms with Crippen molar-refractivity contribution in [1.82, 2.24) is 0 Å². The molecule has 0 fully saturated rings. The third-order valence-corrected chi connectivity index (χ3v) is 2.59. The van der Waals surface area contributed by atoms with Gasteiger partial charge >= 0.3 is 0 Å². The van der Waals surface area contributed by atoms with Crippen LogP contribution in [0.3, 0.4) is 0 Å². The lowest BCUT2D eigenvalue weighted by atomic mass is 10.2. The Labute approximate surface area is 93.2 Å². The van der Waals surface area contributed by atoms with Crippen LogP contribution in [0.25, 0.3) is 0 Å². The van der Waals surface area contributed by atoms with E-state index in [0.29, 0.717) is 0 Å². The lowest BCUT2D eigenvalue weighted by Gasteiger charge is -2.10. The molecule has 0 aliphatic carbocycles. The summed E-state index contributed by atoms with van der Waals surface area (Å²) in [6, 6.07) is 2.62. The summed E-state index contributed by atoms with van der Waals surface area (Å²) >= 11 is 0. The standard InChI is InChI=1S/C9H12O6S/c1-14-7-3-6(5-16(11,12)13)4-8(15-2)9(7)10/h3-4,10H,5H2,1-2H3,(H,11,12,13). The van der Waals surface area contributed by atoms with E-state index in [-0.39, 0.29) is 22.8 Å². The van der Waals surface area contributed by atoms with Crippen LogP contribution < -0.4 is 9.47 Å². The molecule has 0 amide bonds. The maximum atomic E-state index is 10.7. The highest BCUT2D eigenvalue weighted by Crippen LogP contribution is 2.37. The summed E-state index contributed by atoms with van der Waals surface area (Å²) in [4.78, 5) is 0. The van der Waals surface area contributed by atoms with E-state index in [1.165, 1.54) is 26.4 Å². The van der Waals surface area contributed by atoms with Crippen LogP contribution in [0.4, 0.5) is 0 Å². The van der Waals surface area contributed by atoms with Crippen molar-refractivity contribution in [3.8, 4) is 17.2 Å². The van der Waals surface area contributed by atoms with E-state index in [2.05, 4.69) is 0 Å². The van der Waals surface area contributed by atoms with E-state index in [4.69, 9.17) is 14.0 Å². The van der Waals surface area contributed by atoms with Crippen molar-refractivity contribution in [2.45, 2.75) is 5.75 Å². The van der Waals surface area contributed by atoms with Crippen LogP contribution >= 0.6 is 0 Å². The number of rotatable bonds is 4. The van der Waals surface area contributed by atoms with Crippen molar-refractivity contribution in [3.05, 3.63) is 17.7 Å². The number of benzene rings is 1. The van der Waals surface area contributed by atoms with Gasteiger partial charge in [-0.15, -0.1) is 0 Å². The van der Waals surface area contributed by atoms with E-state index in [1.54, 1.807) is 0 Å². The Morgan fingerprint density at radius 3 is 1.94 bits per heavy atom.